The van der Waals surface area contributed by atoms with Crippen LogP contribution in [-0.2, 0) is 4.74 Å². The maximum absolute atomic E-state index is 9.32. The Balaban J connectivity index is 2.05. The number of benzene rings is 1. The minimum Gasteiger partial charge on any atom is -0.497 e. The number of rotatable bonds is 4. The lowest BCUT2D eigenvalue weighted by atomic mass is 9.99. The van der Waals surface area contributed by atoms with Crippen LogP contribution >= 0.6 is 0 Å². The molecule has 1 aliphatic heterocycles. The monoisotopic (exact) mass is 246 g/mol. The molecular formula is C14H18N2O2. The van der Waals surface area contributed by atoms with Gasteiger partial charge in [0.25, 0.3) is 0 Å². The fourth-order valence-electron chi connectivity index (χ4n) is 2.12. The van der Waals surface area contributed by atoms with Crippen LogP contribution in [0.2, 0.25) is 0 Å². The molecule has 0 amide bonds. The first kappa shape index (κ1) is 12.9. The van der Waals surface area contributed by atoms with Crippen molar-refractivity contribution in [3.63, 3.8) is 0 Å². The molecule has 1 saturated heterocycles. The van der Waals surface area contributed by atoms with E-state index in [1.807, 2.05) is 24.3 Å². The summed E-state index contributed by atoms with van der Waals surface area (Å²) in [7, 11) is 1.64. The molecule has 0 spiro atoms. The summed E-state index contributed by atoms with van der Waals surface area (Å²) in [6.45, 7) is 4.09. The number of hydrogen-bond acceptors (Lipinski definition) is 4. The van der Waals surface area contributed by atoms with Crippen LogP contribution in [0.15, 0.2) is 24.3 Å². The molecule has 4 heteroatoms. The van der Waals surface area contributed by atoms with Crippen molar-refractivity contribution in [2.75, 3.05) is 40.0 Å². The lowest BCUT2D eigenvalue weighted by molar-refractivity contribution is 0.0370. The van der Waals surface area contributed by atoms with Crippen molar-refractivity contribution in [1.82, 2.24) is 4.90 Å². The first-order valence-electron chi connectivity index (χ1n) is 6.17. The lowest BCUT2D eigenvalue weighted by Crippen LogP contribution is -2.38. The molecule has 1 heterocycles. The summed E-state index contributed by atoms with van der Waals surface area (Å²) in [5.41, 5.74) is 1.02. The van der Waals surface area contributed by atoms with E-state index in [4.69, 9.17) is 9.47 Å². The molecule has 1 atom stereocenters. The normalized spacial score (nSPS) is 18.0. The summed E-state index contributed by atoms with van der Waals surface area (Å²) in [6.07, 6.45) is 0. The highest BCUT2D eigenvalue weighted by atomic mass is 16.5. The van der Waals surface area contributed by atoms with E-state index in [0.717, 1.165) is 44.2 Å². The van der Waals surface area contributed by atoms with Crippen LogP contribution in [0, 0.1) is 11.3 Å². The van der Waals surface area contributed by atoms with E-state index in [9.17, 15) is 5.26 Å². The average molecular weight is 246 g/mol. The predicted molar refractivity (Wildman–Crippen MR) is 68.6 cm³/mol. The molecule has 96 valence electrons. The Kier molecular flexibility index (Phi) is 4.57. The van der Waals surface area contributed by atoms with Gasteiger partial charge in [0.2, 0.25) is 0 Å². The van der Waals surface area contributed by atoms with Crippen molar-refractivity contribution in [3.8, 4) is 11.8 Å². The molecule has 0 saturated carbocycles. The molecule has 0 N–H and O–H groups in total. The maximum Gasteiger partial charge on any atom is 0.119 e. The highest BCUT2D eigenvalue weighted by molar-refractivity contribution is 5.33. The molecule has 18 heavy (non-hydrogen) atoms. The van der Waals surface area contributed by atoms with E-state index in [2.05, 4.69) is 11.0 Å². The summed E-state index contributed by atoms with van der Waals surface area (Å²) in [5.74, 6) is 0.688. The molecular weight excluding hydrogens is 228 g/mol. The number of hydrogen-bond donors (Lipinski definition) is 0. The van der Waals surface area contributed by atoms with Gasteiger partial charge in [-0.3, -0.25) is 4.90 Å². The molecule has 1 unspecified atom stereocenters. The van der Waals surface area contributed by atoms with Gasteiger partial charge in [0.15, 0.2) is 0 Å². The average Bonchev–Trinajstić information content (AvgIpc) is 2.46. The van der Waals surface area contributed by atoms with Crippen LogP contribution in [0.5, 0.6) is 5.75 Å². The molecule has 1 aromatic carbocycles. The summed E-state index contributed by atoms with van der Waals surface area (Å²) in [5, 5.41) is 9.32. The predicted octanol–water partition coefficient (Wildman–Crippen LogP) is 1.63. The Labute approximate surface area is 108 Å². The summed E-state index contributed by atoms with van der Waals surface area (Å²) < 4.78 is 10.5. The van der Waals surface area contributed by atoms with E-state index in [1.54, 1.807) is 7.11 Å². The van der Waals surface area contributed by atoms with Gasteiger partial charge in [-0.25, -0.2) is 0 Å². The second kappa shape index (κ2) is 6.39. The van der Waals surface area contributed by atoms with Gasteiger partial charge in [-0.05, 0) is 17.7 Å². The molecule has 0 radical (unpaired) electrons. The zero-order valence-corrected chi connectivity index (χ0v) is 10.6. The van der Waals surface area contributed by atoms with Gasteiger partial charge in [0.05, 0.1) is 32.3 Å². The standard InChI is InChI=1S/C14H18N2O2/c1-17-14-4-2-3-12(9-14)13(10-15)11-16-5-7-18-8-6-16/h2-4,9,13H,5-8,11H2,1H3. The molecule has 2 rings (SSSR count). The van der Waals surface area contributed by atoms with Gasteiger partial charge in [0, 0.05) is 19.6 Å². The van der Waals surface area contributed by atoms with Gasteiger partial charge in [-0.1, -0.05) is 12.1 Å². The Morgan fingerprint density at radius 2 is 2.22 bits per heavy atom. The molecule has 0 aromatic heterocycles. The van der Waals surface area contributed by atoms with Crippen molar-refractivity contribution in [2.24, 2.45) is 0 Å². The number of nitriles is 1. The second-order valence-electron chi connectivity index (χ2n) is 4.37. The Morgan fingerprint density at radius 3 is 2.89 bits per heavy atom. The SMILES string of the molecule is COc1cccc(C(C#N)CN2CCOCC2)c1. The quantitative estimate of drug-likeness (QED) is 0.810. The summed E-state index contributed by atoms with van der Waals surface area (Å²) >= 11 is 0. The van der Waals surface area contributed by atoms with Gasteiger partial charge in [0.1, 0.15) is 5.75 Å². The third-order valence-electron chi connectivity index (χ3n) is 3.20. The van der Waals surface area contributed by atoms with Crippen LogP contribution in [0.25, 0.3) is 0 Å². The van der Waals surface area contributed by atoms with Crippen molar-refractivity contribution in [2.45, 2.75) is 5.92 Å². The molecule has 0 aliphatic carbocycles. The van der Waals surface area contributed by atoms with Gasteiger partial charge >= 0.3 is 0 Å². The van der Waals surface area contributed by atoms with Crippen molar-refractivity contribution in [3.05, 3.63) is 29.8 Å². The number of methoxy groups -OCH3 is 1. The zero-order valence-electron chi connectivity index (χ0n) is 10.6. The van der Waals surface area contributed by atoms with Crippen LogP contribution in [0.1, 0.15) is 11.5 Å². The Bertz CT molecular complexity index is 422. The van der Waals surface area contributed by atoms with E-state index in [0.29, 0.717) is 0 Å². The molecule has 1 aliphatic rings. The Hall–Kier alpha value is -1.57. The van der Waals surface area contributed by atoms with E-state index in [-0.39, 0.29) is 5.92 Å². The van der Waals surface area contributed by atoms with Crippen molar-refractivity contribution < 1.29 is 9.47 Å². The highest BCUT2D eigenvalue weighted by Gasteiger charge is 2.18. The topological polar surface area (TPSA) is 45.5 Å². The lowest BCUT2D eigenvalue weighted by Gasteiger charge is -2.28. The van der Waals surface area contributed by atoms with Crippen LogP contribution in [0.4, 0.5) is 0 Å². The third kappa shape index (κ3) is 3.22. The van der Waals surface area contributed by atoms with E-state index in [1.165, 1.54) is 0 Å². The van der Waals surface area contributed by atoms with Crippen LogP contribution in [0.3, 0.4) is 0 Å². The molecule has 0 bridgehead atoms. The minimum atomic E-state index is -0.113. The zero-order chi connectivity index (χ0) is 12.8. The van der Waals surface area contributed by atoms with Crippen LogP contribution < -0.4 is 4.74 Å². The smallest absolute Gasteiger partial charge is 0.119 e. The largest absolute Gasteiger partial charge is 0.497 e. The molecule has 1 fully saturated rings. The van der Waals surface area contributed by atoms with Gasteiger partial charge < -0.3 is 9.47 Å². The number of morpholine rings is 1. The fraction of sp³-hybridized carbons (Fsp3) is 0.500. The van der Waals surface area contributed by atoms with Crippen molar-refractivity contribution >= 4 is 0 Å². The second-order valence-corrected chi connectivity index (χ2v) is 4.37. The Morgan fingerprint density at radius 1 is 1.44 bits per heavy atom. The fourth-order valence-corrected chi connectivity index (χ4v) is 2.12. The van der Waals surface area contributed by atoms with Gasteiger partial charge in [-0.15, -0.1) is 0 Å². The van der Waals surface area contributed by atoms with E-state index >= 15 is 0 Å². The highest BCUT2D eigenvalue weighted by Crippen LogP contribution is 2.21. The minimum absolute atomic E-state index is 0.113. The number of nitrogens with zero attached hydrogens (tertiary/aromatic N) is 2. The van der Waals surface area contributed by atoms with Crippen LogP contribution in [-0.4, -0.2) is 44.9 Å². The van der Waals surface area contributed by atoms with Crippen molar-refractivity contribution in [1.29, 1.82) is 5.26 Å². The molecule has 4 nitrogen and oxygen atoms in total. The van der Waals surface area contributed by atoms with Gasteiger partial charge in [-0.2, -0.15) is 5.26 Å². The first-order valence-corrected chi connectivity index (χ1v) is 6.17. The summed E-state index contributed by atoms with van der Waals surface area (Å²) in [6, 6.07) is 10.1. The maximum atomic E-state index is 9.32. The summed E-state index contributed by atoms with van der Waals surface area (Å²) in [4.78, 5) is 2.27. The molecule has 1 aromatic rings. The first-order chi connectivity index (χ1) is 8.83. The van der Waals surface area contributed by atoms with E-state index < -0.39 is 0 Å². The third-order valence-corrected chi connectivity index (χ3v) is 3.20. The number of ether oxygens (including phenoxy) is 2.